The van der Waals surface area contributed by atoms with Crippen LogP contribution in [0.5, 0.6) is 0 Å². The van der Waals surface area contributed by atoms with E-state index in [9.17, 15) is 4.79 Å². The second-order valence-corrected chi connectivity index (χ2v) is 9.61. The first-order chi connectivity index (χ1) is 12.8. The summed E-state index contributed by atoms with van der Waals surface area (Å²) in [6.07, 6.45) is 1.60. The SMILES string of the molecule is C[C@H](Nc1nnc(Sc2cnn(C(C)(C)C)c(=O)c2Cl)s1)c1ccccc1. The summed E-state index contributed by atoms with van der Waals surface area (Å²) in [4.78, 5) is 13.0. The molecule has 0 radical (unpaired) electrons. The van der Waals surface area contributed by atoms with Crippen LogP contribution in [0.2, 0.25) is 5.02 Å². The van der Waals surface area contributed by atoms with Crippen LogP contribution in [-0.4, -0.2) is 20.0 Å². The lowest BCUT2D eigenvalue weighted by molar-refractivity contribution is 0.336. The lowest BCUT2D eigenvalue weighted by atomic mass is 10.1. The van der Waals surface area contributed by atoms with Crippen molar-refractivity contribution in [1.82, 2.24) is 20.0 Å². The molecule has 1 atom stereocenters. The van der Waals surface area contributed by atoms with Gasteiger partial charge in [-0.25, -0.2) is 4.68 Å². The highest BCUT2D eigenvalue weighted by atomic mass is 35.5. The van der Waals surface area contributed by atoms with Gasteiger partial charge in [0.1, 0.15) is 5.02 Å². The summed E-state index contributed by atoms with van der Waals surface area (Å²) < 4.78 is 2.07. The molecule has 1 aromatic carbocycles. The van der Waals surface area contributed by atoms with E-state index in [0.29, 0.717) is 14.4 Å². The van der Waals surface area contributed by atoms with E-state index >= 15 is 0 Å². The molecule has 1 N–H and O–H groups in total. The van der Waals surface area contributed by atoms with Crippen LogP contribution in [0.4, 0.5) is 5.13 Å². The van der Waals surface area contributed by atoms with Gasteiger partial charge in [-0.15, -0.1) is 10.2 Å². The molecule has 0 saturated carbocycles. The maximum atomic E-state index is 12.4. The minimum absolute atomic E-state index is 0.109. The van der Waals surface area contributed by atoms with Crippen LogP contribution in [0, 0.1) is 0 Å². The molecule has 3 aromatic rings. The number of hydrogen-bond donors (Lipinski definition) is 1. The molecule has 3 rings (SSSR count). The van der Waals surface area contributed by atoms with Gasteiger partial charge in [-0.2, -0.15) is 5.10 Å². The molecule has 27 heavy (non-hydrogen) atoms. The Hall–Kier alpha value is -1.90. The minimum Gasteiger partial charge on any atom is -0.354 e. The predicted octanol–water partition coefficient (Wildman–Crippen LogP) is 4.83. The fourth-order valence-electron chi connectivity index (χ4n) is 2.38. The molecule has 9 heteroatoms. The lowest BCUT2D eigenvalue weighted by Crippen LogP contribution is -2.36. The van der Waals surface area contributed by atoms with Gasteiger partial charge in [-0.3, -0.25) is 4.79 Å². The van der Waals surface area contributed by atoms with Crippen LogP contribution in [-0.2, 0) is 5.54 Å². The number of hydrogen-bond acceptors (Lipinski definition) is 7. The van der Waals surface area contributed by atoms with Gasteiger partial charge in [0.2, 0.25) is 5.13 Å². The molecule has 0 aliphatic heterocycles. The molecule has 6 nitrogen and oxygen atoms in total. The van der Waals surface area contributed by atoms with Crippen molar-refractivity contribution in [1.29, 1.82) is 0 Å². The Balaban J connectivity index is 1.75. The van der Waals surface area contributed by atoms with Gasteiger partial charge in [0.15, 0.2) is 4.34 Å². The zero-order valence-electron chi connectivity index (χ0n) is 15.4. The molecule has 0 spiro atoms. The van der Waals surface area contributed by atoms with Crippen molar-refractivity contribution in [2.45, 2.75) is 48.5 Å². The van der Waals surface area contributed by atoms with E-state index in [2.05, 4.69) is 39.7 Å². The summed E-state index contributed by atoms with van der Waals surface area (Å²) in [6.45, 7) is 7.78. The molecule has 0 saturated heterocycles. The first-order valence-electron chi connectivity index (χ1n) is 8.37. The molecule has 0 fully saturated rings. The van der Waals surface area contributed by atoms with Crippen LogP contribution in [0.3, 0.4) is 0 Å². The quantitative estimate of drug-likeness (QED) is 0.636. The zero-order valence-corrected chi connectivity index (χ0v) is 17.8. The molecule has 0 amide bonds. The molecule has 0 bridgehead atoms. The van der Waals surface area contributed by atoms with Crippen molar-refractivity contribution >= 4 is 39.8 Å². The third-order valence-electron chi connectivity index (χ3n) is 3.77. The standard InChI is InChI=1S/C18H20ClN5OS2/c1-11(12-8-6-5-7-9-12)21-16-22-23-17(27-16)26-13-10-20-24(18(2,3)4)15(25)14(13)19/h5-11H,1-4H3,(H,21,22)/t11-/m0/s1. The molecular weight excluding hydrogens is 402 g/mol. The van der Waals surface area contributed by atoms with Crippen LogP contribution in [0.1, 0.15) is 39.3 Å². The van der Waals surface area contributed by atoms with Crippen molar-refractivity contribution in [2.75, 3.05) is 5.32 Å². The number of nitrogens with one attached hydrogen (secondary N) is 1. The first-order valence-corrected chi connectivity index (χ1v) is 10.4. The highest BCUT2D eigenvalue weighted by molar-refractivity contribution is 8.01. The third kappa shape index (κ3) is 4.69. The van der Waals surface area contributed by atoms with E-state index in [-0.39, 0.29) is 16.6 Å². The van der Waals surface area contributed by atoms with Crippen LogP contribution < -0.4 is 10.9 Å². The van der Waals surface area contributed by atoms with Gasteiger partial charge < -0.3 is 5.32 Å². The maximum absolute atomic E-state index is 12.4. The third-order valence-corrected chi connectivity index (χ3v) is 6.18. The Morgan fingerprint density at radius 3 is 2.59 bits per heavy atom. The minimum atomic E-state index is -0.433. The summed E-state index contributed by atoms with van der Waals surface area (Å²) in [6, 6.07) is 10.2. The Labute approximate surface area is 171 Å². The smallest absolute Gasteiger partial charge is 0.287 e. The maximum Gasteiger partial charge on any atom is 0.287 e. The van der Waals surface area contributed by atoms with Crippen molar-refractivity contribution < 1.29 is 0 Å². The Bertz CT molecular complexity index is 981. The summed E-state index contributed by atoms with van der Waals surface area (Å²) in [5.74, 6) is 0. The normalized spacial score (nSPS) is 12.8. The highest BCUT2D eigenvalue weighted by Gasteiger charge is 2.20. The van der Waals surface area contributed by atoms with Gasteiger partial charge >= 0.3 is 0 Å². The molecule has 142 valence electrons. The van der Waals surface area contributed by atoms with Gasteiger partial charge in [-0.1, -0.05) is 65.0 Å². The van der Waals surface area contributed by atoms with E-state index in [1.807, 2.05) is 39.0 Å². The van der Waals surface area contributed by atoms with Crippen molar-refractivity contribution in [3.63, 3.8) is 0 Å². The Morgan fingerprint density at radius 1 is 1.22 bits per heavy atom. The summed E-state index contributed by atoms with van der Waals surface area (Å²) in [5, 5.41) is 16.8. The van der Waals surface area contributed by atoms with Crippen LogP contribution >= 0.6 is 34.7 Å². The number of nitrogens with zero attached hydrogens (tertiary/aromatic N) is 4. The van der Waals surface area contributed by atoms with Crippen LogP contribution in [0.25, 0.3) is 0 Å². The second-order valence-electron chi connectivity index (χ2n) is 6.96. The van der Waals surface area contributed by atoms with E-state index < -0.39 is 5.54 Å². The molecule has 2 aromatic heterocycles. The average molecular weight is 422 g/mol. The van der Waals surface area contributed by atoms with Crippen LogP contribution in [0.15, 0.2) is 50.6 Å². The van der Waals surface area contributed by atoms with Crippen molar-refractivity contribution in [2.24, 2.45) is 0 Å². The van der Waals surface area contributed by atoms with Crippen molar-refractivity contribution in [3.05, 3.63) is 57.5 Å². The fraction of sp³-hybridized carbons (Fsp3) is 0.333. The summed E-state index contributed by atoms with van der Waals surface area (Å²) in [7, 11) is 0. The van der Waals surface area contributed by atoms with E-state index in [1.165, 1.54) is 33.3 Å². The largest absolute Gasteiger partial charge is 0.354 e. The van der Waals surface area contributed by atoms with Gasteiger partial charge in [0, 0.05) is 0 Å². The van der Waals surface area contributed by atoms with E-state index in [1.54, 1.807) is 6.20 Å². The molecule has 0 aliphatic rings. The second kappa shape index (κ2) is 8.00. The number of aromatic nitrogens is 4. The molecule has 2 heterocycles. The predicted molar refractivity (Wildman–Crippen MR) is 111 cm³/mol. The number of anilines is 1. The van der Waals surface area contributed by atoms with E-state index in [0.717, 1.165) is 0 Å². The van der Waals surface area contributed by atoms with Gasteiger partial charge in [0.25, 0.3) is 5.56 Å². The van der Waals surface area contributed by atoms with Crippen molar-refractivity contribution in [3.8, 4) is 0 Å². The average Bonchev–Trinajstić information content (AvgIpc) is 3.05. The molecular formula is C18H20ClN5OS2. The summed E-state index contributed by atoms with van der Waals surface area (Å²) >= 11 is 8.97. The lowest BCUT2D eigenvalue weighted by Gasteiger charge is -2.20. The first kappa shape index (κ1) is 19.9. The van der Waals surface area contributed by atoms with Gasteiger partial charge in [0.05, 0.1) is 22.7 Å². The number of benzene rings is 1. The molecule has 0 unspecified atom stereocenters. The highest BCUT2D eigenvalue weighted by Crippen LogP contribution is 2.35. The topological polar surface area (TPSA) is 72.7 Å². The van der Waals surface area contributed by atoms with Gasteiger partial charge in [-0.05, 0) is 33.3 Å². The Morgan fingerprint density at radius 2 is 1.93 bits per heavy atom. The summed E-state index contributed by atoms with van der Waals surface area (Å²) in [5.41, 5.74) is 0.423. The number of rotatable bonds is 5. The van der Waals surface area contributed by atoms with E-state index in [4.69, 9.17) is 11.6 Å². The number of halogens is 1. The zero-order chi connectivity index (χ0) is 19.6. The fourth-order valence-corrected chi connectivity index (χ4v) is 4.41. The monoisotopic (exact) mass is 421 g/mol. The molecule has 0 aliphatic carbocycles. The Kier molecular flexibility index (Phi) is 5.88.